The van der Waals surface area contributed by atoms with E-state index in [2.05, 4.69) is 41.5 Å². The van der Waals surface area contributed by atoms with Crippen LogP contribution in [0.2, 0.25) is 0 Å². The molecule has 30 heavy (non-hydrogen) atoms. The molecule has 1 aromatic heterocycles. The average Bonchev–Trinajstić information content (AvgIpc) is 3.15. The van der Waals surface area contributed by atoms with E-state index in [1.807, 2.05) is 42.5 Å². The van der Waals surface area contributed by atoms with E-state index in [4.69, 9.17) is 4.74 Å². The van der Waals surface area contributed by atoms with E-state index >= 15 is 0 Å². The normalized spacial score (nSPS) is 19.7. The third-order valence-corrected chi connectivity index (χ3v) is 6.08. The average molecular weight is 399 g/mol. The number of rotatable bonds is 3. The van der Waals surface area contributed by atoms with Crippen LogP contribution in [0, 0.1) is 5.41 Å². The quantitative estimate of drug-likeness (QED) is 0.628. The number of Topliss-reactive ketones (excluding diaryl/α,β-unsaturated/α-hetero) is 1. The van der Waals surface area contributed by atoms with Crippen LogP contribution in [0.1, 0.15) is 43.7 Å². The SMILES string of the molecule is COc1ccc(-c2[nH]nc3c2C(c2ccccc2)C2=C(CC(C)(C)CC2=O)N3)cc1. The lowest BCUT2D eigenvalue weighted by Gasteiger charge is -2.38. The van der Waals surface area contributed by atoms with Gasteiger partial charge in [-0.05, 0) is 41.7 Å². The molecular formula is C25H25N3O2. The molecule has 0 saturated heterocycles. The van der Waals surface area contributed by atoms with E-state index in [1.165, 1.54) is 0 Å². The fourth-order valence-electron chi connectivity index (χ4n) is 4.75. The maximum atomic E-state index is 13.3. The highest BCUT2D eigenvalue weighted by Crippen LogP contribution is 2.50. The highest BCUT2D eigenvalue weighted by atomic mass is 16.5. The van der Waals surface area contributed by atoms with Crippen LogP contribution < -0.4 is 10.1 Å². The monoisotopic (exact) mass is 399 g/mol. The van der Waals surface area contributed by atoms with Crippen molar-refractivity contribution >= 4 is 11.6 Å². The van der Waals surface area contributed by atoms with Crippen molar-refractivity contribution in [2.45, 2.75) is 32.6 Å². The molecule has 2 heterocycles. The number of methoxy groups -OCH3 is 1. The first kappa shape index (κ1) is 18.7. The first-order valence-electron chi connectivity index (χ1n) is 10.3. The van der Waals surface area contributed by atoms with Gasteiger partial charge in [0, 0.05) is 34.7 Å². The minimum absolute atomic E-state index is 0.0588. The molecule has 5 nitrogen and oxygen atoms in total. The number of anilines is 1. The summed E-state index contributed by atoms with van der Waals surface area (Å²) in [6, 6.07) is 18.2. The van der Waals surface area contributed by atoms with Gasteiger partial charge in [0.1, 0.15) is 5.75 Å². The summed E-state index contributed by atoms with van der Waals surface area (Å²) in [5.74, 6) is 1.69. The number of nitrogens with zero attached hydrogens (tertiary/aromatic N) is 1. The highest BCUT2D eigenvalue weighted by molar-refractivity contribution is 6.02. The van der Waals surface area contributed by atoms with Gasteiger partial charge in [-0.15, -0.1) is 0 Å². The Morgan fingerprint density at radius 3 is 2.47 bits per heavy atom. The molecular weight excluding hydrogens is 374 g/mol. The molecule has 5 heteroatoms. The van der Waals surface area contributed by atoms with E-state index in [9.17, 15) is 4.79 Å². The molecule has 3 aromatic rings. The lowest BCUT2D eigenvalue weighted by molar-refractivity contribution is -0.118. The summed E-state index contributed by atoms with van der Waals surface area (Å²) < 4.78 is 5.30. The van der Waals surface area contributed by atoms with Gasteiger partial charge in [-0.2, -0.15) is 5.10 Å². The van der Waals surface area contributed by atoms with Crippen molar-refractivity contribution < 1.29 is 9.53 Å². The molecule has 152 valence electrons. The molecule has 2 aromatic carbocycles. The summed E-state index contributed by atoms with van der Waals surface area (Å²) in [4.78, 5) is 13.3. The lowest BCUT2D eigenvalue weighted by atomic mass is 9.69. The Morgan fingerprint density at radius 1 is 1.03 bits per heavy atom. The Morgan fingerprint density at radius 2 is 1.77 bits per heavy atom. The molecule has 2 N–H and O–H groups in total. The molecule has 0 saturated carbocycles. The fraction of sp³-hybridized carbons (Fsp3) is 0.280. The second kappa shape index (κ2) is 6.87. The summed E-state index contributed by atoms with van der Waals surface area (Å²) in [7, 11) is 1.66. The summed E-state index contributed by atoms with van der Waals surface area (Å²) in [6.45, 7) is 4.30. The summed E-state index contributed by atoms with van der Waals surface area (Å²) >= 11 is 0. The Kier molecular flexibility index (Phi) is 4.28. The summed E-state index contributed by atoms with van der Waals surface area (Å²) in [5, 5.41) is 11.3. The zero-order valence-electron chi connectivity index (χ0n) is 17.5. The molecule has 2 aliphatic rings. The predicted molar refractivity (Wildman–Crippen MR) is 118 cm³/mol. The van der Waals surface area contributed by atoms with E-state index in [0.717, 1.165) is 51.6 Å². The van der Waals surface area contributed by atoms with Crippen molar-refractivity contribution in [2.24, 2.45) is 5.41 Å². The number of H-pyrrole nitrogens is 1. The molecule has 0 amide bonds. The third kappa shape index (κ3) is 3.02. The number of benzene rings is 2. The fourth-order valence-corrected chi connectivity index (χ4v) is 4.75. The topological polar surface area (TPSA) is 67.0 Å². The maximum absolute atomic E-state index is 13.3. The Labute approximate surface area is 176 Å². The molecule has 0 fully saturated rings. The largest absolute Gasteiger partial charge is 0.497 e. The standard InChI is InChI=1S/C25H25N3O2/c1-25(2)13-18-21(19(29)14-25)20(15-7-5-4-6-8-15)22-23(27-28-24(22)26-18)16-9-11-17(30-3)12-10-16/h4-12,20H,13-14H2,1-3H3,(H2,26,27,28). The number of carbonyl (C=O) groups excluding carboxylic acids is 1. The second-order valence-corrected chi connectivity index (χ2v) is 8.89. The van der Waals surface area contributed by atoms with Crippen molar-refractivity contribution in [3.63, 3.8) is 0 Å². The molecule has 1 unspecified atom stereocenters. The summed E-state index contributed by atoms with van der Waals surface area (Å²) in [6.07, 6.45) is 1.39. The number of ether oxygens (including phenoxy) is 1. The van der Waals surface area contributed by atoms with E-state index in [0.29, 0.717) is 6.42 Å². The number of allylic oxidation sites excluding steroid dienone is 2. The highest BCUT2D eigenvalue weighted by Gasteiger charge is 2.42. The van der Waals surface area contributed by atoms with E-state index in [1.54, 1.807) is 7.11 Å². The Hall–Kier alpha value is -3.34. The van der Waals surface area contributed by atoms with E-state index < -0.39 is 0 Å². The zero-order valence-corrected chi connectivity index (χ0v) is 17.5. The Balaban J connectivity index is 1.70. The maximum Gasteiger partial charge on any atom is 0.162 e. The van der Waals surface area contributed by atoms with E-state index in [-0.39, 0.29) is 17.1 Å². The van der Waals surface area contributed by atoms with Crippen LogP contribution in [0.3, 0.4) is 0 Å². The number of carbonyl (C=O) groups is 1. The minimum atomic E-state index is -0.142. The first-order chi connectivity index (χ1) is 14.5. The van der Waals surface area contributed by atoms with Gasteiger partial charge >= 0.3 is 0 Å². The lowest BCUT2D eigenvalue weighted by Crippen LogP contribution is -2.33. The summed E-state index contributed by atoms with van der Waals surface area (Å²) in [5.41, 5.74) is 5.90. The van der Waals surface area contributed by atoms with Crippen molar-refractivity contribution in [3.8, 4) is 17.0 Å². The van der Waals surface area contributed by atoms with Crippen molar-refractivity contribution in [1.82, 2.24) is 10.2 Å². The van der Waals surface area contributed by atoms with Crippen LogP contribution in [0.5, 0.6) is 5.75 Å². The van der Waals surface area contributed by atoms with Crippen LogP contribution in [0.25, 0.3) is 11.3 Å². The number of aromatic nitrogens is 2. The number of ketones is 1. The van der Waals surface area contributed by atoms with Gasteiger partial charge in [-0.25, -0.2) is 0 Å². The molecule has 0 bridgehead atoms. The minimum Gasteiger partial charge on any atom is -0.497 e. The van der Waals surface area contributed by atoms with Crippen LogP contribution in [0.4, 0.5) is 5.82 Å². The van der Waals surface area contributed by atoms with Crippen LogP contribution in [-0.4, -0.2) is 23.1 Å². The Bertz CT molecular complexity index is 1140. The van der Waals surface area contributed by atoms with Gasteiger partial charge in [-0.1, -0.05) is 44.2 Å². The molecule has 0 spiro atoms. The van der Waals surface area contributed by atoms with Crippen LogP contribution >= 0.6 is 0 Å². The van der Waals surface area contributed by atoms with Gasteiger partial charge in [-0.3, -0.25) is 9.89 Å². The van der Waals surface area contributed by atoms with Crippen molar-refractivity contribution in [1.29, 1.82) is 0 Å². The van der Waals surface area contributed by atoms with Gasteiger partial charge < -0.3 is 10.1 Å². The number of hydrogen-bond acceptors (Lipinski definition) is 4. The van der Waals surface area contributed by atoms with Gasteiger partial charge in [0.25, 0.3) is 0 Å². The first-order valence-corrected chi connectivity index (χ1v) is 10.3. The zero-order chi connectivity index (χ0) is 20.9. The van der Waals surface area contributed by atoms with Crippen LogP contribution in [-0.2, 0) is 4.79 Å². The number of hydrogen-bond donors (Lipinski definition) is 2. The third-order valence-electron chi connectivity index (χ3n) is 6.08. The molecule has 1 aliphatic heterocycles. The van der Waals surface area contributed by atoms with Gasteiger partial charge in [0.15, 0.2) is 11.6 Å². The van der Waals surface area contributed by atoms with Crippen molar-refractivity contribution in [3.05, 3.63) is 77.0 Å². The number of nitrogens with one attached hydrogen (secondary N) is 2. The van der Waals surface area contributed by atoms with Gasteiger partial charge in [0.2, 0.25) is 0 Å². The molecule has 1 atom stereocenters. The predicted octanol–water partition coefficient (Wildman–Crippen LogP) is 5.29. The number of aromatic amines is 1. The van der Waals surface area contributed by atoms with Gasteiger partial charge in [0.05, 0.1) is 12.8 Å². The smallest absolute Gasteiger partial charge is 0.162 e. The molecule has 5 rings (SSSR count). The van der Waals surface area contributed by atoms with Crippen LogP contribution in [0.15, 0.2) is 65.9 Å². The molecule has 1 aliphatic carbocycles. The number of fused-ring (bicyclic) bond motifs is 1. The molecule has 0 radical (unpaired) electrons. The second-order valence-electron chi connectivity index (χ2n) is 8.89. The van der Waals surface area contributed by atoms with Crippen molar-refractivity contribution in [2.75, 3.05) is 12.4 Å².